The van der Waals surface area contributed by atoms with Crippen LogP contribution < -0.4 is 0 Å². The SMILES string of the molecule is ClCCN1C=COC1. The maximum absolute atomic E-state index is 5.45. The van der Waals surface area contributed by atoms with Crippen LogP contribution in [-0.4, -0.2) is 24.1 Å². The van der Waals surface area contributed by atoms with Crippen molar-refractivity contribution in [1.29, 1.82) is 0 Å². The molecule has 0 saturated carbocycles. The van der Waals surface area contributed by atoms with Gasteiger partial charge >= 0.3 is 0 Å². The third-order valence-corrected chi connectivity index (χ3v) is 1.15. The smallest absolute Gasteiger partial charge is 0.160 e. The minimum atomic E-state index is 0.659. The zero-order valence-electron chi connectivity index (χ0n) is 4.51. The lowest BCUT2D eigenvalue weighted by molar-refractivity contribution is 0.177. The summed E-state index contributed by atoms with van der Waals surface area (Å²) < 4.78 is 4.90. The molecule has 0 N–H and O–H groups in total. The molecule has 0 atom stereocenters. The van der Waals surface area contributed by atoms with Crippen LogP contribution in [0.2, 0.25) is 0 Å². The van der Waals surface area contributed by atoms with Crippen LogP contribution >= 0.6 is 11.6 Å². The molecule has 1 heterocycles. The summed E-state index contributed by atoms with van der Waals surface area (Å²) in [6.07, 6.45) is 3.56. The fourth-order valence-corrected chi connectivity index (χ4v) is 0.776. The molecule has 0 bridgehead atoms. The van der Waals surface area contributed by atoms with Gasteiger partial charge in [-0.15, -0.1) is 11.6 Å². The minimum Gasteiger partial charge on any atom is -0.479 e. The van der Waals surface area contributed by atoms with Crippen LogP contribution in [0.1, 0.15) is 0 Å². The highest BCUT2D eigenvalue weighted by Crippen LogP contribution is 1.99. The van der Waals surface area contributed by atoms with Crippen LogP contribution in [-0.2, 0) is 4.74 Å². The quantitative estimate of drug-likeness (QED) is 0.521. The summed E-state index contributed by atoms with van der Waals surface area (Å²) >= 11 is 5.45. The van der Waals surface area contributed by atoms with Crippen molar-refractivity contribution >= 4 is 11.6 Å². The average molecular weight is 134 g/mol. The lowest BCUT2D eigenvalue weighted by Crippen LogP contribution is -2.17. The molecule has 8 heavy (non-hydrogen) atoms. The second-order valence-electron chi connectivity index (χ2n) is 1.58. The van der Waals surface area contributed by atoms with Gasteiger partial charge in [-0.25, -0.2) is 0 Å². The van der Waals surface area contributed by atoms with Crippen molar-refractivity contribution in [3.05, 3.63) is 12.5 Å². The van der Waals surface area contributed by atoms with Crippen molar-refractivity contribution in [2.24, 2.45) is 0 Å². The number of halogens is 1. The molecule has 0 radical (unpaired) electrons. The van der Waals surface area contributed by atoms with Crippen molar-refractivity contribution in [3.63, 3.8) is 0 Å². The molecule has 3 heteroatoms. The minimum absolute atomic E-state index is 0.659. The third kappa shape index (κ3) is 1.30. The Morgan fingerprint density at radius 2 is 2.62 bits per heavy atom. The molecule has 0 fully saturated rings. The molecule has 0 aromatic rings. The maximum atomic E-state index is 5.45. The van der Waals surface area contributed by atoms with Crippen LogP contribution in [0.25, 0.3) is 0 Å². The Labute approximate surface area is 53.7 Å². The van der Waals surface area contributed by atoms with E-state index in [0.717, 1.165) is 6.54 Å². The molecule has 46 valence electrons. The van der Waals surface area contributed by atoms with Crippen molar-refractivity contribution in [1.82, 2.24) is 4.90 Å². The Hall–Kier alpha value is -0.370. The van der Waals surface area contributed by atoms with Crippen LogP contribution in [0.3, 0.4) is 0 Å². The number of nitrogens with zero attached hydrogens (tertiary/aromatic N) is 1. The van der Waals surface area contributed by atoms with Crippen molar-refractivity contribution in [3.8, 4) is 0 Å². The van der Waals surface area contributed by atoms with E-state index in [1.54, 1.807) is 6.26 Å². The van der Waals surface area contributed by atoms with Gasteiger partial charge in [-0.3, -0.25) is 0 Å². The highest BCUT2D eigenvalue weighted by atomic mass is 35.5. The molecule has 0 amide bonds. The van der Waals surface area contributed by atoms with Gasteiger partial charge in [-0.2, -0.15) is 0 Å². The molecule has 1 aliphatic heterocycles. The monoisotopic (exact) mass is 133 g/mol. The van der Waals surface area contributed by atoms with Crippen LogP contribution in [0.15, 0.2) is 12.5 Å². The van der Waals surface area contributed by atoms with Gasteiger partial charge in [0, 0.05) is 18.6 Å². The van der Waals surface area contributed by atoms with E-state index < -0.39 is 0 Å². The Morgan fingerprint density at radius 1 is 1.75 bits per heavy atom. The lowest BCUT2D eigenvalue weighted by Gasteiger charge is -2.09. The molecule has 1 aliphatic rings. The van der Waals surface area contributed by atoms with Gasteiger partial charge in [-0.1, -0.05) is 0 Å². The molecular formula is C5H8ClNO. The van der Waals surface area contributed by atoms with E-state index in [1.807, 2.05) is 11.1 Å². The van der Waals surface area contributed by atoms with Crippen LogP contribution in [0, 0.1) is 0 Å². The number of rotatable bonds is 2. The molecule has 0 aromatic heterocycles. The fraction of sp³-hybridized carbons (Fsp3) is 0.600. The third-order valence-electron chi connectivity index (χ3n) is 0.980. The first-order chi connectivity index (χ1) is 3.93. The summed E-state index contributed by atoms with van der Waals surface area (Å²) in [7, 11) is 0. The first kappa shape index (κ1) is 5.76. The van der Waals surface area contributed by atoms with E-state index in [2.05, 4.69) is 0 Å². The predicted octanol–water partition coefficient (Wildman–Crippen LogP) is 0.986. The molecule has 0 spiro atoms. The van der Waals surface area contributed by atoms with Gasteiger partial charge in [0.15, 0.2) is 6.73 Å². The number of hydrogen-bond acceptors (Lipinski definition) is 2. The van der Waals surface area contributed by atoms with E-state index in [1.165, 1.54) is 0 Å². The largest absolute Gasteiger partial charge is 0.479 e. The molecule has 0 aliphatic carbocycles. The standard InChI is InChI=1S/C5H8ClNO/c6-1-2-7-3-4-8-5-7/h3-4H,1-2,5H2. The zero-order valence-corrected chi connectivity index (χ0v) is 5.27. The van der Waals surface area contributed by atoms with Gasteiger partial charge in [0.05, 0.1) is 0 Å². The predicted molar refractivity (Wildman–Crippen MR) is 32.5 cm³/mol. The first-order valence-corrected chi connectivity index (χ1v) is 3.05. The summed E-state index contributed by atoms with van der Waals surface area (Å²) in [6.45, 7) is 1.53. The molecule has 0 unspecified atom stereocenters. The Balaban J connectivity index is 2.16. The van der Waals surface area contributed by atoms with Crippen molar-refractivity contribution in [2.45, 2.75) is 0 Å². The van der Waals surface area contributed by atoms with Crippen molar-refractivity contribution in [2.75, 3.05) is 19.2 Å². The number of hydrogen-bond donors (Lipinski definition) is 0. The average Bonchev–Trinajstić information content (AvgIpc) is 2.19. The van der Waals surface area contributed by atoms with E-state index in [4.69, 9.17) is 16.3 Å². The van der Waals surface area contributed by atoms with Gasteiger partial charge in [0.2, 0.25) is 0 Å². The molecule has 1 rings (SSSR count). The first-order valence-electron chi connectivity index (χ1n) is 2.52. The van der Waals surface area contributed by atoms with Gasteiger partial charge in [-0.05, 0) is 0 Å². The summed E-state index contributed by atoms with van der Waals surface area (Å²) in [4.78, 5) is 2.01. The van der Waals surface area contributed by atoms with E-state index in [0.29, 0.717) is 12.6 Å². The number of alkyl halides is 1. The topological polar surface area (TPSA) is 12.5 Å². The normalized spacial score (nSPS) is 16.9. The Bertz CT molecular complexity index is 94.4. The summed E-state index contributed by atoms with van der Waals surface area (Å²) in [5.74, 6) is 0.660. The van der Waals surface area contributed by atoms with Crippen LogP contribution in [0.4, 0.5) is 0 Å². The van der Waals surface area contributed by atoms with E-state index >= 15 is 0 Å². The highest BCUT2D eigenvalue weighted by Gasteiger charge is 2.00. The highest BCUT2D eigenvalue weighted by molar-refractivity contribution is 6.18. The maximum Gasteiger partial charge on any atom is 0.160 e. The molecule has 0 aromatic carbocycles. The Morgan fingerprint density at radius 3 is 3.12 bits per heavy atom. The zero-order chi connectivity index (χ0) is 5.82. The summed E-state index contributed by atoms with van der Waals surface area (Å²) in [5, 5.41) is 0. The summed E-state index contributed by atoms with van der Waals surface area (Å²) in [6, 6.07) is 0. The van der Waals surface area contributed by atoms with Gasteiger partial charge in [0.1, 0.15) is 6.26 Å². The second kappa shape index (κ2) is 2.82. The molecule has 0 saturated heterocycles. The molecule has 2 nitrogen and oxygen atoms in total. The van der Waals surface area contributed by atoms with Crippen molar-refractivity contribution < 1.29 is 4.74 Å². The number of ether oxygens (including phenoxy) is 1. The second-order valence-corrected chi connectivity index (χ2v) is 1.96. The van der Waals surface area contributed by atoms with Gasteiger partial charge in [0.25, 0.3) is 0 Å². The molecular weight excluding hydrogens is 126 g/mol. The summed E-state index contributed by atoms with van der Waals surface area (Å²) in [5.41, 5.74) is 0. The lowest BCUT2D eigenvalue weighted by atomic mass is 10.6. The van der Waals surface area contributed by atoms with E-state index in [-0.39, 0.29) is 0 Å². The Kier molecular flexibility index (Phi) is 2.03. The van der Waals surface area contributed by atoms with Crippen LogP contribution in [0.5, 0.6) is 0 Å². The van der Waals surface area contributed by atoms with Gasteiger partial charge < -0.3 is 9.64 Å². The fourth-order valence-electron chi connectivity index (χ4n) is 0.559. The van der Waals surface area contributed by atoms with E-state index in [9.17, 15) is 0 Å².